The number of esters is 1. The Bertz CT molecular complexity index is 1240. The lowest BCUT2D eigenvalue weighted by molar-refractivity contribution is -0.145. The van der Waals surface area contributed by atoms with Gasteiger partial charge < -0.3 is 13.6 Å². The Morgan fingerprint density at radius 2 is 1.55 bits per heavy atom. The van der Waals surface area contributed by atoms with Crippen molar-refractivity contribution in [1.82, 2.24) is 0 Å². The Morgan fingerprint density at radius 1 is 0.936 bits per heavy atom. The summed E-state index contributed by atoms with van der Waals surface area (Å²) in [4.78, 5) is 11.7. The second-order valence-electron chi connectivity index (χ2n) is 19.0. The lowest BCUT2D eigenvalue weighted by Crippen LogP contribution is -2.49. The largest absolute Gasteiger partial charge is 0.458 e. The van der Waals surface area contributed by atoms with Crippen molar-refractivity contribution in [3.8, 4) is 0 Å². The van der Waals surface area contributed by atoms with E-state index in [0.717, 1.165) is 12.8 Å². The Kier molecular flexibility index (Phi) is 11.6. The molecule has 0 unspecified atom stereocenters. The molecule has 0 spiro atoms. The molecular weight excluding hydrogens is 613 g/mol. The third kappa shape index (κ3) is 8.94. The zero-order chi connectivity index (χ0) is 35.2. The van der Waals surface area contributed by atoms with Gasteiger partial charge in [0.2, 0.25) is 0 Å². The number of hydrogen-bond acceptors (Lipinski definition) is 4. The molecule has 6 heteroatoms. The van der Waals surface area contributed by atoms with Crippen LogP contribution in [0.25, 0.3) is 0 Å². The summed E-state index contributed by atoms with van der Waals surface area (Å²) in [6.45, 7) is 34.6. The van der Waals surface area contributed by atoms with Crippen LogP contribution in [0.1, 0.15) is 120 Å². The molecule has 0 heterocycles. The molecule has 47 heavy (non-hydrogen) atoms. The molecule has 0 saturated heterocycles. The summed E-state index contributed by atoms with van der Waals surface area (Å²) in [6.07, 6.45) is 20.0. The Morgan fingerprint density at radius 3 is 2.13 bits per heavy atom. The number of ether oxygens (including phenoxy) is 1. The van der Waals surface area contributed by atoms with E-state index in [0.29, 0.717) is 29.1 Å². The minimum Gasteiger partial charge on any atom is -0.458 e. The van der Waals surface area contributed by atoms with Crippen molar-refractivity contribution in [1.29, 1.82) is 0 Å². The van der Waals surface area contributed by atoms with Gasteiger partial charge in [-0.05, 0) is 134 Å². The third-order valence-electron chi connectivity index (χ3n) is 13.4. The van der Waals surface area contributed by atoms with Gasteiger partial charge in [-0.3, -0.25) is 4.79 Å². The molecule has 0 aromatic heterocycles. The summed E-state index contributed by atoms with van der Waals surface area (Å²) < 4.78 is 19.9. The fourth-order valence-electron chi connectivity index (χ4n) is 8.24. The molecule has 4 nitrogen and oxygen atoms in total. The SMILES string of the molecule is C=C1/C(=C/C=C2\CCC[C@]3(C)[C@@H]([C@H](C)/C=C/[C@H](OC(C)=O)C4CC4)CC[C@@H]23)C[C@@H](O[Si](C)(C)C(C)(C)C)C[C@@H]1O[Si](C)(C)C(C)(C)C. The molecular formula is C41H70O4Si2. The monoisotopic (exact) mass is 682 g/mol. The van der Waals surface area contributed by atoms with E-state index in [2.05, 4.69) is 112 Å². The van der Waals surface area contributed by atoms with E-state index in [4.69, 9.17) is 13.6 Å². The Hall–Kier alpha value is -1.22. The maximum atomic E-state index is 11.7. The highest BCUT2D eigenvalue weighted by Crippen LogP contribution is 2.59. The summed E-state index contributed by atoms with van der Waals surface area (Å²) >= 11 is 0. The summed E-state index contributed by atoms with van der Waals surface area (Å²) in [5.41, 5.74) is 4.42. The fourth-order valence-corrected chi connectivity index (χ4v) is 10.9. The van der Waals surface area contributed by atoms with E-state index in [1.54, 1.807) is 5.57 Å². The average Bonchev–Trinajstić information content (AvgIpc) is 3.71. The number of rotatable bonds is 10. The fraction of sp³-hybridized carbons (Fsp3) is 0.780. The maximum absolute atomic E-state index is 11.7. The van der Waals surface area contributed by atoms with Gasteiger partial charge >= 0.3 is 5.97 Å². The Labute approximate surface area is 291 Å². The number of hydrogen-bond donors (Lipinski definition) is 0. The highest BCUT2D eigenvalue weighted by Gasteiger charge is 2.50. The van der Waals surface area contributed by atoms with Gasteiger partial charge in [-0.15, -0.1) is 0 Å². The van der Waals surface area contributed by atoms with Gasteiger partial charge in [-0.1, -0.05) is 85.8 Å². The topological polar surface area (TPSA) is 44.8 Å². The highest BCUT2D eigenvalue weighted by atomic mass is 28.4. The first-order valence-electron chi connectivity index (χ1n) is 18.9. The van der Waals surface area contributed by atoms with Crippen LogP contribution in [0.15, 0.2) is 47.6 Å². The van der Waals surface area contributed by atoms with E-state index < -0.39 is 16.6 Å². The van der Waals surface area contributed by atoms with Crippen molar-refractivity contribution in [2.45, 2.75) is 175 Å². The molecule has 4 aliphatic carbocycles. The molecule has 4 aliphatic rings. The molecule has 0 bridgehead atoms. The van der Waals surface area contributed by atoms with Crippen molar-refractivity contribution in [3.05, 3.63) is 47.6 Å². The van der Waals surface area contributed by atoms with E-state index in [9.17, 15) is 4.79 Å². The van der Waals surface area contributed by atoms with E-state index in [-0.39, 0.29) is 34.4 Å². The second kappa shape index (κ2) is 14.2. The quantitative estimate of drug-likeness (QED) is 0.131. The standard InChI is InChI=1S/C41H70O4Si2/c1-28(17-24-37(32-19-20-32)43-30(3)42)35-22-23-36-31(16-15-25-41(35,36)10)18-21-33-26-34(44-46(11,12)39(4,5)6)27-38(29(33)2)45-47(13,14)40(7,8)9/h17-18,21,24,28,32,34-38H,2,15-16,19-20,22-23,25-27H2,1,3-14H3/b24-17+,31-18+,33-21+/t28-,34-,35-,36+,37+,38+,41-/m1/s1. The molecule has 4 saturated carbocycles. The van der Waals surface area contributed by atoms with Crippen LogP contribution in [0, 0.1) is 29.1 Å². The van der Waals surface area contributed by atoms with Gasteiger partial charge in [0, 0.05) is 13.3 Å². The first-order valence-corrected chi connectivity index (χ1v) is 24.7. The smallest absolute Gasteiger partial charge is 0.303 e. The maximum Gasteiger partial charge on any atom is 0.303 e. The first kappa shape index (κ1) is 38.6. The van der Waals surface area contributed by atoms with E-state index in [1.807, 2.05) is 0 Å². The molecule has 7 atom stereocenters. The summed E-state index contributed by atoms with van der Waals surface area (Å²) in [5.74, 6) is 2.09. The van der Waals surface area contributed by atoms with Crippen molar-refractivity contribution >= 4 is 22.6 Å². The molecule has 4 fully saturated rings. The molecule has 0 amide bonds. The van der Waals surface area contributed by atoms with Crippen LogP contribution in [-0.2, 0) is 18.4 Å². The minimum absolute atomic E-state index is 0.00984. The third-order valence-corrected chi connectivity index (χ3v) is 22.4. The van der Waals surface area contributed by atoms with Gasteiger partial charge in [-0.2, -0.15) is 0 Å². The summed E-state index contributed by atoms with van der Waals surface area (Å²) in [6, 6.07) is 0. The average molecular weight is 683 g/mol. The Balaban J connectivity index is 1.56. The first-order chi connectivity index (χ1) is 21.6. The zero-order valence-electron chi connectivity index (χ0n) is 32.6. The number of carbonyl (C=O) groups excluding carboxylic acids is 1. The number of allylic oxidation sites excluding steroid dienone is 4. The molecule has 4 rings (SSSR count). The van der Waals surface area contributed by atoms with Gasteiger partial charge in [0.15, 0.2) is 16.6 Å². The number of carbonyl (C=O) groups is 1. The highest BCUT2D eigenvalue weighted by molar-refractivity contribution is 6.74. The van der Waals surface area contributed by atoms with Crippen LogP contribution in [0.2, 0.25) is 36.3 Å². The van der Waals surface area contributed by atoms with Crippen molar-refractivity contribution in [2.75, 3.05) is 0 Å². The van der Waals surface area contributed by atoms with Crippen molar-refractivity contribution in [3.63, 3.8) is 0 Å². The van der Waals surface area contributed by atoms with Crippen molar-refractivity contribution < 1.29 is 18.4 Å². The predicted molar refractivity (Wildman–Crippen MR) is 203 cm³/mol. The second-order valence-corrected chi connectivity index (χ2v) is 28.5. The molecule has 0 aromatic rings. The zero-order valence-corrected chi connectivity index (χ0v) is 34.6. The van der Waals surface area contributed by atoms with E-state index in [1.165, 1.54) is 63.0 Å². The van der Waals surface area contributed by atoms with Crippen LogP contribution in [-0.4, -0.2) is 40.9 Å². The molecule has 0 radical (unpaired) electrons. The van der Waals surface area contributed by atoms with Crippen LogP contribution in [0.5, 0.6) is 0 Å². The summed E-state index contributed by atoms with van der Waals surface area (Å²) in [5, 5.41) is 0.309. The molecule has 0 aliphatic heterocycles. The van der Waals surface area contributed by atoms with Crippen LogP contribution in [0.4, 0.5) is 0 Å². The lowest BCUT2D eigenvalue weighted by Gasteiger charge is -2.45. The molecule has 0 N–H and O–H groups in total. The van der Waals surface area contributed by atoms with E-state index >= 15 is 0 Å². The molecule has 266 valence electrons. The van der Waals surface area contributed by atoms with Gasteiger partial charge in [0.05, 0.1) is 12.2 Å². The van der Waals surface area contributed by atoms with Crippen LogP contribution < -0.4 is 0 Å². The number of fused-ring (bicyclic) bond motifs is 1. The summed E-state index contributed by atoms with van der Waals surface area (Å²) in [7, 11) is -3.93. The van der Waals surface area contributed by atoms with Crippen LogP contribution in [0.3, 0.4) is 0 Å². The minimum atomic E-state index is -1.99. The van der Waals surface area contributed by atoms with Crippen molar-refractivity contribution in [2.24, 2.45) is 29.1 Å². The predicted octanol–water partition coefficient (Wildman–Crippen LogP) is 11.7. The van der Waals surface area contributed by atoms with Crippen LogP contribution >= 0.6 is 0 Å². The normalized spacial score (nSPS) is 32.6. The lowest BCUT2D eigenvalue weighted by atomic mass is 9.61. The van der Waals surface area contributed by atoms with Gasteiger partial charge in [0.25, 0.3) is 0 Å². The van der Waals surface area contributed by atoms with Gasteiger partial charge in [-0.25, -0.2) is 0 Å². The van der Waals surface area contributed by atoms with Gasteiger partial charge in [0.1, 0.15) is 6.10 Å². The molecule has 0 aromatic carbocycles.